The molecular weight excluding hydrogens is 458 g/mol. The zero-order valence-electron chi connectivity index (χ0n) is 20.3. The predicted octanol–water partition coefficient (Wildman–Crippen LogP) is 4.39. The van der Waals surface area contributed by atoms with E-state index in [0.29, 0.717) is 23.1 Å². The summed E-state index contributed by atoms with van der Waals surface area (Å²) in [6.07, 6.45) is 2.98. The highest BCUT2D eigenvalue weighted by molar-refractivity contribution is 6.04. The smallest absolute Gasteiger partial charge is 0.258 e. The lowest BCUT2D eigenvalue weighted by atomic mass is 9.92. The van der Waals surface area contributed by atoms with Crippen LogP contribution >= 0.6 is 0 Å². The second-order valence-corrected chi connectivity index (χ2v) is 9.42. The zero-order valence-corrected chi connectivity index (χ0v) is 20.3. The number of H-pyrrole nitrogens is 1. The fourth-order valence-corrected chi connectivity index (χ4v) is 5.00. The Kier molecular flexibility index (Phi) is 6.45. The summed E-state index contributed by atoms with van der Waals surface area (Å²) in [5, 5.41) is 5.51. The molecule has 3 N–H and O–H groups in total. The van der Waals surface area contributed by atoms with Crippen molar-refractivity contribution in [3.05, 3.63) is 70.5 Å². The molecule has 2 aromatic carbocycles. The van der Waals surface area contributed by atoms with Crippen molar-refractivity contribution in [3.8, 4) is 11.5 Å². The van der Waals surface area contributed by atoms with Crippen LogP contribution in [0.4, 0.5) is 17.5 Å². The van der Waals surface area contributed by atoms with Gasteiger partial charge in [-0.1, -0.05) is 18.2 Å². The topological polar surface area (TPSA) is 116 Å². The van der Waals surface area contributed by atoms with Gasteiger partial charge in [0.15, 0.2) is 0 Å². The molecule has 186 valence electrons. The molecule has 0 bridgehead atoms. The Morgan fingerprint density at radius 1 is 1.00 bits per heavy atom. The number of hydrogen-bond acceptors (Lipinski definition) is 6. The average molecular weight is 488 g/mol. The van der Waals surface area contributed by atoms with Crippen LogP contribution in [0.25, 0.3) is 0 Å². The highest BCUT2D eigenvalue weighted by Gasteiger charge is 2.36. The standard InChI is InChI=1S/C27H29N5O4/c1-16-7-6-8-17(2)32(16)27-30-24-23(26(35)31-27)21(15-22(33)29-24)25(34)28-18-11-13-20(14-12-18)36-19-9-4-3-5-10-19/h3-5,9-14,16-17,21H,6-8,15H2,1-2H3,(H,28,34)(H2,29,30,31,33,35)/t16-,17+,21-/m1/s1. The Labute approximate surface area is 208 Å². The van der Waals surface area contributed by atoms with Crippen LogP contribution in [0.5, 0.6) is 11.5 Å². The summed E-state index contributed by atoms with van der Waals surface area (Å²) < 4.78 is 5.78. The summed E-state index contributed by atoms with van der Waals surface area (Å²) in [6.45, 7) is 4.19. The molecule has 9 nitrogen and oxygen atoms in total. The summed E-state index contributed by atoms with van der Waals surface area (Å²) in [6, 6.07) is 16.7. The number of piperidine rings is 1. The fraction of sp³-hybridized carbons (Fsp3) is 0.333. The van der Waals surface area contributed by atoms with Gasteiger partial charge >= 0.3 is 0 Å². The minimum atomic E-state index is -0.949. The molecule has 2 aliphatic rings. The SMILES string of the molecule is C[C@@H]1CCC[C@H](C)N1c1nc2c(c(=O)[nH]1)[C@H](C(=O)Nc1ccc(Oc3ccccc3)cc1)CC(=O)N2. The van der Waals surface area contributed by atoms with E-state index in [1.54, 1.807) is 24.3 Å². The number of benzene rings is 2. The van der Waals surface area contributed by atoms with Crippen molar-refractivity contribution in [1.82, 2.24) is 9.97 Å². The van der Waals surface area contributed by atoms with Crippen LogP contribution in [0.1, 0.15) is 51.0 Å². The van der Waals surface area contributed by atoms with Crippen molar-refractivity contribution in [2.75, 3.05) is 15.5 Å². The van der Waals surface area contributed by atoms with Crippen LogP contribution in [0.2, 0.25) is 0 Å². The van der Waals surface area contributed by atoms with E-state index in [9.17, 15) is 14.4 Å². The number of hydrogen-bond donors (Lipinski definition) is 3. The van der Waals surface area contributed by atoms with Gasteiger partial charge in [0.05, 0.1) is 11.5 Å². The Morgan fingerprint density at radius 3 is 2.36 bits per heavy atom. The number of rotatable bonds is 5. The van der Waals surface area contributed by atoms with Gasteiger partial charge in [-0.05, 0) is 69.5 Å². The highest BCUT2D eigenvalue weighted by Crippen LogP contribution is 2.33. The number of anilines is 3. The number of nitrogens with zero attached hydrogens (tertiary/aromatic N) is 2. The molecule has 0 spiro atoms. The molecule has 9 heteroatoms. The number of carbonyl (C=O) groups excluding carboxylic acids is 2. The summed E-state index contributed by atoms with van der Waals surface area (Å²) in [5.74, 6) is 0.168. The number of aromatic amines is 1. The molecule has 3 heterocycles. The number of fused-ring (bicyclic) bond motifs is 1. The second kappa shape index (κ2) is 9.85. The van der Waals surface area contributed by atoms with E-state index in [2.05, 4.69) is 39.3 Å². The van der Waals surface area contributed by atoms with Gasteiger partial charge in [0.1, 0.15) is 17.3 Å². The summed E-state index contributed by atoms with van der Waals surface area (Å²) in [5.41, 5.74) is 0.300. The first-order valence-corrected chi connectivity index (χ1v) is 12.3. The molecule has 1 fully saturated rings. The third kappa shape index (κ3) is 4.82. The van der Waals surface area contributed by atoms with Crippen molar-refractivity contribution in [2.45, 2.75) is 57.5 Å². The first kappa shape index (κ1) is 23.6. The van der Waals surface area contributed by atoms with Crippen molar-refractivity contribution in [3.63, 3.8) is 0 Å². The van der Waals surface area contributed by atoms with Gasteiger partial charge < -0.3 is 20.3 Å². The Bertz CT molecular complexity index is 1310. The zero-order chi connectivity index (χ0) is 25.2. The van der Waals surface area contributed by atoms with Gasteiger partial charge in [-0.15, -0.1) is 0 Å². The van der Waals surface area contributed by atoms with Crippen LogP contribution in [-0.4, -0.2) is 33.9 Å². The Balaban J connectivity index is 1.36. The van der Waals surface area contributed by atoms with E-state index in [1.165, 1.54) is 0 Å². The minimum absolute atomic E-state index is 0.130. The predicted molar refractivity (Wildman–Crippen MR) is 138 cm³/mol. The van der Waals surface area contributed by atoms with Crippen molar-refractivity contribution in [1.29, 1.82) is 0 Å². The van der Waals surface area contributed by atoms with Crippen molar-refractivity contribution < 1.29 is 14.3 Å². The van der Waals surface area contributed by atoms with Gasteiger partial charge in [0.25, 0.3) is 5.56 Å². The Hall–Kier alpha value is -4.14. The van der Waals surface area contributed by atoms with E-state index >= 15 is 0 Å². The first-order valence-electron chi connectivity index (χ1n) is 12.3. The van der Waals surface area contributed by atoms with E-state index in [1.807, 2.05) is 30.3 Å². The first-order chi connectivity index (χ1) is 17.4. The van der Waals surface area contributed by atoms with Gasteiger partial charge in [-0.25, -0.2) is 0 Å². The van der Waals surface area contributed by atoms with Gasteiger partial charge in [-0.2, -0.15) is 4.98 Å². The average Bonchev–Trinajstić information content (AvgIpc) is 2.85. The number of nitrogens with one attached hydrogen (secondary N) is 3. The van der Waals surface area contributed by atoms with Crippen molar-refractivity contribution >= 4 is 29.3 Å². The summed E-state index contributed by atoms with van der Waals surface area (Å²) >= 11 is 0. The molecule has 0 aliphatic carbocycles. The van der Waals surface area contributed by atoms with Crippen LogP contribution in [0.15, 0.2) is 59.4 Å². The molecule has 0 radical (unpaired) electrons. The van der Waals surface area contributed by atoms with Crippen LogP contribution in [-0.2, 0) is 9.59 Å². The van der Waals surface area contributed by atoms with E-state index in [4.69, 9.17) is 4.74 Å². The molecular formula is C27H29N5O4. The largest absolute Gasteiger partial charge is 0.457 e. The molecule has 2 aliphatic heterocycles. The minimum Gasteiger partial charge on any atom is -0.457 e. The molecule has 3 atom stereocenters. The lowest BCUT2D eigenvalue weighted by Crippen LogP contribution is -2.46. The number of amides is 2. The Morgan fingerprint density at radius 2 is 1.67 bits per heavy atom. The molecule has 1 aromatic heterocycles. The van der Waals surface area contributed by atoms with Gasteiger partial charge in [0, 0.05) is 24.2 Å². The fourth-order valence-electron chi connectivity index (χ4n) is 5.00. The molecule has 5 rings (SSSR count). The summed E-state index contributed by atoms with van der Waals surface area (Å²) in [4.78, 5) is 48.3. The number of aromatic nitrogens is 2. The van der Waals surface area contributed by atoms with Crippen molar-refractivity contribution in [2.24, 2.45) is 0 Å². The normalized spacial score (nSPS) is 21.3. The number of carbonyl (C=O) groups is 2. The summed E-state index contributed by atoms with van der Waals surface area (Å²) in [7, 11) is 0. The lowest BCUT2D eigenvalue weighted by molar-refractivity contribution is -0.123. The molecule has 0 unspecified atom stereocenters. The quantitative estimate of drug-likeness (QED) is 0.491. The van der Waals surface area contributed by atoms with Crippen LogP contribution in [0, 0.1) is 0 Å². The van der Waals surface area contributed by atoms with E-state index in [0.717, 1.165) is 19.3 Å². The van der Waals surface area contributed by atoms with E-state index < -0.39 is 17.4 Å². The van der Waals surface area contributed by atoms with Gasteiger partial charge in [0.2, 0.25) is 17.8 Å². The third-order valence-corrected chi connectivity index (χ3v) is 6.79. The van der Waals surface area contributed by atoms with Crippen LogP contribution in [0.3, 0.4) is 0 Å². The number of para-hydroxylation sites is 1. The molecule has 2 amide bonds. The highest BCUT2D eigenvalue weighted by atomic mass is 16.5. The third-order valence-electron chi connectivity index (χ3n) is 6.79. The molecule has 1 saturated heterocycles. The molecule has 0 saturated carbocycles. The van der Waals surface area contributed by atoms with Gasteiger partial charge in [-0.3, -0.25) is 19.4 Å². The molecule has 36 heavy (non-hydrogen) atoms. The maximum atomic E-state index is 13.2. The second-order valence-electron chi connectivity index (χ2n) is 9.42. The van der Waals surface area contributed by atoms with E-state index in [-0.39, 0.29) is 35.8 Å². The lowest BCUT2D eigenvalue weighted by Gasteiger charge is -2.39. The monoisotopic (exact) mass is 487 g/mol. The molecule has 3 aromatic rings. The maximum Gasteiger partial charge on any atom is 0.258 e. The number of ether oxygens (including phenoxy) is 1. The maximum absolute atomic E-state index is 13.2. The van der Waals surface area contributed by atoms with Crippen LogP contribution < -0.4 is 25.8 Å².